The molecule has 2 bridgehead atoms. The molecular weight excluding hydrogens is 444 g/mol. The number of fused-ring (bicyclic) bond motifs is 5. The second kappa shape index (κ2) is 8.62. The van der Waals surface area contributed by atoms with Gasteiger partial charge in [0.25, 0.3) is 0 Å². The van der Waals surface area contributed by atoms with E-state index in [1.54, 1.807) is 7.11 Å². The third kappa shape index (κ3) is 3.80. The van der Waals surface area contributed by atoms with Gasteiger partial charge in [0.1, 0.15) is 18.2 Å². The van der Waals surface area contributed by atoms with Crippen LogP contribution in [0.3, 0.4) is 0 Å². The number of imide groups is 1. The molecule has 2 fully saturated rings. The zero-order valence-corrected chi connectivity index (χ0v) is 19.2. The summed E-state index contributed by atoms with van der Waals surface area (Å²) in [4.78, 5) is 43.4. The van der Waals surface area contributed by atoms with Crippen LogP contribution in [0.2, 0.25) is 0 Å². The number of hydrogen-bond donors (Lipinski definition) is 0. The topological polar surface area (TPSA) is 95.0 Å². The second-order valence-electron chi connectivity index (χ2n) is 8.37. The number of methoxy groups -OCH3 is 1. The highest BCUT2D eigenvalue weighted by molar-refractivity contribution is 7.13. The summed E-state index contributed by atoms with van der Waals surface area (Å²) < 4.78 is 16.3. The molecular formula is C24H24N2O6S. The van der Waals surface area contributed by atoms with Gasteiger partial charge in [-0.2, -0.15) is 0 Å². The average Bonchev–Trinajstić information content (AvgIpc) is 3.60. The van der Waals surface area contributed by atoms with E-state index in [2.05, 4.69) is 4.98 Å². The van der Waals surface area contributed by atoms with E-state index in [0.717, 1.165) is 21.9 Å². The molecule has 0 N–H and O–H groups in total. The van der Waals surface area contributed by atoms with Crippen molar-refractivity contribution in [2.75, 3.05) is 20.3 Å². The number of esters is 1. The molecule has 1 aromatic carbocycles. The van der Waals surface area contributed by atoms with Gasteiger partial charge in [-0.3, -0.25) is 19.3 Å². The van der Waals surface area contributed by atoms with Crippen LogP contribution in [-0.2, 0) is 25.7 Å². The Labute approximate surface area is 195 Å². The lowest BCUT2D eigenvalue weighted by atomic mass is 9.85. The Morgan fingerprint density at radius 1 is 1.15 bits per heavy atom. The summed E-state index contributed by atoms with van der Waals surface area (Å²) in [6.07, 6.45) is 4.91. The van der Waals surface area contributed by atoms with Crippen LogP contribution in [0.15, 0.2) is 35.7 Å². The third-order valence-electron chi connectivity index (χ3n) is 6.49. The zero-order chi connectivity index (χ0) is 23.1. The maximum Gasteiger partial charge on any atom is 0.326 e. The molecule has 2 aliphatic carbocycles. The summed E-state index contributed by atoms with van der Waals surface area (Å²) in [5.74, 6) is -0.230. The highest BCUT2D eigenvalue weighted by atomic mass is 32.1. The lowest BCUT2D eigenvalue weighted by molar-refractivity contribution is -0.154. The lowest BCUT2D eigenvalue weighted by Crippen LogP contribution is -2.37. The Kier molecular flexibility index (Phi) is 5.65. The summed E-state index contributed by atoms with van der Waals surface area (Å²) in [5.41, 5.74) is 1.45. The Morgan fingerprint density at radius 3 is 2.55 bits per heavy atom. The molecule has 2 aromatic rings. The Hall–Kier alpha value is -3.20. The summed E-state index contributed by atoms with van der Waals surface area (Å²) >= 11 is 1.42. The molecule has 4 atom stereocenters. The number of allylic oxidation sites excluding steroid dienone is 2. The number of carbonyl (C=O) groups excluding carboxylic acids is 3. The molecule has 1 saturated heterocycles. The minimum atomic E-state index is -0.616. The van der Waals surface area contributed by atoms with Gasteiger partial charge in [0.15, 0.2) is 11.5 Å². The number of thiazole rings is 1. The molecule has 2 heterocycles. The summed E-state index contributed by atoms with van der Waals surface area (Å²) in [7, 11) is 1.58. The smallest absolute Gasteiger partial charge is 0.326 e. The van der Waals surface area contributed by atoms with E-state index < -0.39 is 5.97 Å². The number of amides is 2. The van der Waals surface area contributed by atoms with Crippen molar-refractivity contribution < 1.29 is 28.6 Å². The van der Waals surface area contributed by atoms with E-state index in [1.807, 2.05) is 42.7 Å². The highest BCUT2D eigenvalue weighted by Crippen LogP contribution is 2.52. The van der Waals surface area contributed by atoms with Gasteiger partial charge in [0.05, 0.1) is 31.2 Å². The summed E-state index contributed by atoms with van der Waals surface area (Å²) in [6, 6.07) is 5.58. The van der Waals surface area contributed by atoms with Crippen molar-refractivity contribution in [2.24, 2.45) is 23.7 Å². The fraction of sp³-hybridized carbons (Fsp3) is 0.417. The van der Waals surface area contributed by atoms with Crippen LogP contribution >= 0.6 is 11.3 Å². The van der Waals surface area contributed by atoms with Gasteiger partial charge >= 0.3 is 5.97 Å². The average molecular weight is 469 g/mol. The molecule has 33 heavy (non-hydrogen) atoms. The molecule has 1 aliphatic heterocycles. The molecule has 8 nitrogen and oxygen atoms in total. The maximum atomic E-state index is 12.7. The predicted molar refractivity (Wildman–Crippen MR) is 120 cm³/mol. The van der Waals surface area contributed by atoms with E-state index in [1.165, 1.54) is 11.3 Å². The van der Waals surface area contributed by atoms with Crippen LogP contribution in [0, 0.1) is 23.7 Å². The standard InChI is InChI=1S/C24H24N2O6S/c1-3-31-17-7-6-15(9-18(17)30-2)22-25-16(12-33-22)11-32-19(27)10-26-23(28)20-13-4-5-14(8-13)21(20)24(26)29/h4-7,9,12-14,20-21H,3,8,10-11H2,1-2H3. The molecule has 1 aromatic heterocycles. The van der Waals surface area contributed by atoms with Gasteiger partial charge in [-0.05, 0) is 43.4 Å². The molecule has 1 saturated carbocycles. The number of likely N-dealkylation sites (tertiary alicyclic amines) is 1. The van der Waals surface area contributed by atoms with E-state index >= 15 is 0 Å². The van der Waals surface area contributed by atoms with Gasteiger partial charge in [0.2, 0.25) is 11.8 Å². The number of nitrogens with zero attached hydrogens (tertiary/aromatic N) is 2. The van der Waals surface area contributed by atoms with Crippen molar-refractivity contribution in [3.8, 4) is 22.1 Å². The second-order valence-corrected chi connectivity index (χ2v) is 9.22. The first kappa shape index (κ1) is 21.6. The lowest BCUT2D eigenvalue weighted by Gasteiger charge is -2.16. The van der Waals surface area contributed by atoms with Crippen molar-refractivity contribution in [1.82, 2.24) is 9.88 Å². The Balaban J connectivity index is 1.19. The van der Waals surface area contributed by atoms with Gasteiger partial charge in [-0.1, -0.05) is 12.2 Å². The van der Waals surface area contributed by atoms with Crippen molar-refractivity contribution >= 4 is 29.1 Å². The molecule has 2 amide bonds. The Morgan fingerprint density at radius 2 is 1.88 bits per heavy atom. The van der Waals surface area contributed by atoms with Gasteiger partial charge in [-0.25, -0.2) is 4.98 Å². The largest absolute Gasteiger partial charge is 0.493 e. The predicted octanol–water partition coefficient (Wildman–Crippen LogP) is 3.07. The fourth-order valence-corrected chi connectivity index (χ4v) is 5.83. The zero-order valence-electron chi connectivity index (χ0n) is 18.4. The minimum absolute atomic E-state index is 0.0284. The van der Waals surface area contributed by atoms with Crippen molar-refractivity contribution in [3.05, 3.63) is 41.4 Å². The highest BCUT2D eigenvalue weighted by Gasteiger charge is 2.59. The number of aromatic nitrogens is 1. The van der Waals surface area contributed by atoms with Gasteiger partial charge in [0, 0.05) is 10.9 Å². The monoisotopic (exact) mass is 468 g/mol. The number of hydrogen-bond acceptors (Lipinski definition) is 8. The minimum Gasteiger partial charge on any atom is -0.493 e. The van der Waals surface area contributed by atoms with Crippen molar-refractivity contribution in [3.63, 3.8) is 0 Å². The molecule has 0 spiro atoms. The SMILES string of the molecule is CCOc1ccc(-c2nc(COC(=O)CN3C(=O)C4C5C=CC(C5)C4C3=O)cs2)cc1OC. The maximum absolute atomic E-state index is 12.7. The molecule has 172 valence electrons. The normalized spacial score (nSPS) is 25.0. The van der Waals surface area contributed by atoms with Crippen LogP contribution < -0.4 is 9.47 Å². The molecule has 4 unspecified atom stereocenters. The van der Waals surface area contributed by atoms with Gasteiger partial charge < -0.3 is 14.2 Å². The van der Waals surface area contributed by atoms with E-state index in [9.17, 15) is 14.4 Å². The number of rotatable bonds is 8. The summed E-state index contributed by atoms with van der Waals surface area (Å²) in [6.45, 7) is 2.07. The Bertz CT molecular complexity index is 1110. The quantitative estimate of drug-likeness (QED) is 0.334. The van der Waals surface area contributed by atoms with Crippen LogP contribution in [0.1, 0.15) is 19.0 Å². The van der Waals surface area contributed by atoms with Crippen LogP contribution in [0.5, 0.6) is 11.5 Å². The van der Waals surface area contributed by atoms with Gasteiger partial charge in [-0.15, -0.1) is 11.3 Å². The van der Waals surface area contributed by atoms with Crippen LogP contribution in [-0.4, -0.2) is 47.9 Å². The van der Waals surface area contributed by atoms with E-state index in [-0.39, 0.29) is 48.6 Å². The van der Waals surface area contributed by atoms with E-state index in [0.29, 0.717) is 23.8 Å². The molecule has 3 aliphatic rings. The third-order valence-corrected chi connectivity index (χ3v) is 7.43. The molecule has 5 rings (SSSR count). The molecule has 0 radical (unpaired) electrons. The van der Waals surface area contributed by atoms with Crippen LogP contribution in [0.25, 0.3) is 10.6 Å². The first-order valence-corrected chi connectivity index (χ1v) is 11.8. The summed E-state index contributed by atoms with van der Waals surface area (Å²) in [5, 5.41) is 2.56. The fourth-order valence-electron chi connectivity index (χ4n) is 5.03. The van der Waals surface area contributed by atoms with E-state index in [4.69, 9.17) is 14.2 Å². The van der Waals surface area contributed by atoms with Crippen molar-refractivity contribution in [1.29, 1.82) is 0 Å². The number of benzene rings is 1. The number of ether oxygens (including phenoxy) is 3. The first-order chi connectivity index (χ1) is 16.0. The van der Waals surface area contributed by atoms with Crippen molar-refractivity contribution in [2.45, 2.75) is 20.0 Å². The number of carbonyl (C=O) groups is 3. The van der Waals surface area contributed by atoms with Crippen LogP contribution in [0.4, 0.5) is 0 Å². The molecule has 9 heteroatoms. The first-order valence-electron chi connectivity index (χ1n) is 10.9.